The molecule has 3 amide bonds. The third-order valence-electron chi connectivity index (χ3n) is 6.50. The van der Waals surface area contributed by atoms with E-state index in [4.69, 9.17) is 5.73 Å². The lowest BCUT2D eigenvalue weighted by Crippen LogP contribution is -2.60. The molecule has 0 spiro atoms. The number of carbonyl (C=O) groups excluding carboxylic acids is 3. The molecule has 1 aromatic rings. The van der Waals surface area contributed by atoms with Crippen LogP contribution in [0.2, 0.25) is 0 Å². The average Bonchev–Trinajstić information content (AvgIpc) is 2.83. The summed E-state index contributed by atoms with van der Waals surface area (Å²) in [5.41, 5.74) is 6.72. The number of carboxylic acid groups (broad SMARTS) is 1. The molecule has 0 heterocycles. The maximum atomic E-state index is 13.3. The van der Waals surface area contributed by atoms with Gasteiger partial charge < -0.3 is 26.8 Å². The van der Waals surface area contributed by atoms with Crippen molar-refractivity contribution in [1.29, 1.82) is 0 Å². The van der Waals surface area contributed by atoms with Crippen molar-refractivity contribution >= 4 is 23.7 Å². The zero-order valence-corrected chi connectivity index (χ0v) is 21.7. The van der Waals surface area contributed by atoms with Crippen LogP contribution in [0.4, 0.5) is 0 Å². The van der Waals surface area contributed by atoms with Gasteiger partial charge in [-0.2, -0.15) is 0 Å². The fourth-order valence-corrected chi connectivity index (χ4v) is 3.51. The third kappa shape index (κ3) is 9.32. The summed E-state index contributed by atoms with van der Waals surface area (Å²) in [6.45, 7) is 11.1. The Bertz CT molecular complexity index is 845. The Morgan fingerprint density at radius 3 is 1.69 bits per heavy atom. The van der Waals surface area contributed by atoms with Gasteiger partial charge >= 0.3 is 5.97 Å². The predicted molar refractivity (Wildman–Crippen MR) is 135 cm³/mol. The summed E-state index contributed by atoms with van der Waals surface area (Å²) < 4.78 is 0. The summed E-state index contributed by atoms with van der Waals surface area (Å²) in [5.74, 6) is -3.25. The highest BCUT2D eigenvalue weighted by molar-refractivity contribution is 5.94. The lowest BCUT2D eigenvalue weighted by Gasteiger charge is -2.30. The number of amides is 3. The lowest BCUT2D eigenvalue weighted by atomic mass is 9.94. The van der Waals surface area contributed by atoms with Crippen LogP contribution in [-0.4, -0.2) is 53.0 Å². The van der Waals surface area contributed by atoms with Gasteiger partial charge in [-0.1, -0.05) is 84.7 Å². The van der Waals surface area contributed by atoms with Crippen LogP contribution in [-0.2, 0) is 25.6 Å². The van der Waals surface area contributed by atoms with Gasteiger partial charge in [-0.3, -0.25) is 14.4 Å². The molecular formula is C26H42N4O5. The smallest absolute Gasteiger partial charge is 0.326 e. The van der Waals surface area contributed by atoms with Crippen LogP contribution < -0.4 is 21.7 Å². The Balaban J connectivity index is 3.06. The topological polar surface area (TPSA) is 151 Å². The highest BCUT2D eigenvalue weighted by atomic mass is 16.4. The van der Waals surface area contributed by atoms with Gasteiger partial charge in [0.15, 0.2) is 0 Å². The molecule has 9 heteroatoms. The molecule has 6 N–H and O–H groups in total. The minimum atomic E-state index is -1.16. The van der Waals surface area contributed by atoms with Gasteiger partial charge in [0.25, 0.3) is 0 Å². The molecule has 0 aromatic heterocycles. The third-order valence-corrected chi connectivity index (χ3v) is 6.50. The van der Waals surface area contributed by atoms with Crippen molar-refractivity contribution in [2.45, 2.75) is 85.0 Å². The summed E-state index contributed by atoms with van der Waals surface area (Å²) in [7, 11) is 0. The summed E-state index contributed by atoms with van der Waals surface area (Å²) in [6.07, 6.45) is 1.31. The largest absolute Gasteiger partial charge is 0.480 e. The number of nitrogens with two attached hydrogens (primary N) is 1. The Morgan fingerprint density at radius 1 is 0.800 bits per heavy atom. The number of hydrogen-bond acceptors (Lipinski definition) is 5. The van der Waals surface area contributed by atoms with Crippen LogP contribution >= 0.6 is 0 Å². The summed E-state index contributed by atoms with van der Waals surface area (Å²) in [6, 6.07) is 5.24. The van der Waals surface area contributed by atoms with E-state index in [0.717, 1.165) is 5.56 Å². The van der Waals surface area contributed by atoms with Gasteiger partial charge in [0.05, 0.1) is 6.04 Å². The quantitative estimate of drug-likeness (QED) is 0.268. The molecule has 0 aliphatic rings. The van der Waals surface area contributed by atoms with E-state index >= 15 is 0 Å². The van der Waals surface area contributed by atoms with Crippen LogP contribution in [0.3, 0.4) is 0 Å². The van der Waals surface area contributed by atoms with E-state index in [2.05, 4.69) is 16.0 Å². The summed E-state index contributed by atoms with van der Waals surface area (Å²) in [5, 5.41) is 17.8. The minimum absolute atomic E-state index is 0.105. The zero-order valence-electron chi connectivity index (χ0n) is 21.7. The van der Waals surface area contributed by atoms with Crippen molar-refractivity contribution in [3.8, 4) is 0 Å². The molecule has 0 bridgehead atoms. The van der Waals surface area contributed by atoms with Gasteiger partial charge in [-0.25, -0.2) is 4.79 Å². The molecule has 0 fully saturated rings. The minimum Gasteiger partial charge on any atom is -0.480 e. The molecule has 0 aliphatic heterocycles. The molecule has 0 radical (unpaired) electrons. The molecule has 0 aliphatic carbocycles. The predicted octanol–water partition coefficient (Wildman–Crippen LogP) is 1.84. The van der Waals surface area contributed by atoms with Gasteiger partial charge in [-0.15, -0.1) is 0 Å². The average molecular weight is 491 g/mol. The van der Waals surface area contributed by atoms with Gasteiger partial charge in [-0.05, 0) is 23.3 Å². The number of carbonyl (C=O) groups is 4. The van der Waals surface area contributed by atoms with E-state index in [1.807, 2.05) is 47.6 Å². The second-order valence-corrected chi connectivity index (χ2v) is 9.60. The fourth-order valence-electron chi connectivity index (χ4n) is 3.51. The number of benzene rings is 1. The van der Waals surface area contributed by atoms with E-state index in [0.29, 0.717) is 12.8 Å². The molecule has 6 unspecified atom stereocenters. The van der Waals surface area contributed by atoms with Crippen LogP contribution in [0.5, 0.6) is 0 Å². The molecule has 35 heavy (non-hydrogen) atoms. The van der Waals surface area contributed by atoms with Crippen LogP contribution in [0, 0.1) is 17.8 Å². The lowest BCUT2D eigenvalue weighted by molar-refractivity contribution is -0.142. The maximum Gasteiger partial charge on any atom is 0.326 e. The first-order chi connectivity index (χ1) is 16.4. The highest BCUT2D eigenvalue weighted by Crippen LogP contribution is 2.14. The Labute approximate surface area is 208 Å². The van der Waals surface area contributed by atoms with E-state index in [1.165, 1.54) is 0 Å². The first-order valence-corrected chi connectivity index (χ1v) is 12.4. The van der Waals surface area contributed by atoms with Gasteiger partial charge in [0, 0.05) is 6.42 Å². The van der Waals surface area contributed by atoms with Crippen LogP contribution in [0.15, 0.2) is 30.3 Å². The number of aliphatic carboxylic acids is 1. The normalized spacial score (nSPS) is 16.3. The number of hydrogen-bond donors (Lipinski definition) is 5. The molecule has 1 aromatic carbocycles. The molecule has 0 saturated heterocycles. The second-order valence-electron chi connectivity index (χ2n) is 9.60. The Kier molecular flexibility index (Phi) is 12.4. The van der Waals surface area contributed by atoms with Gasteiger partial charge in [0.1, 0.15) is 18.1 Å². The second kappa shape index (κ2) is 14.5. The first-order valence-electron chi connectivity index (χ1n) is 12.4. The van der Waals surface area contributed by atoms with E-state index in [1.54, 1.807) is 24.3 Å². The van der Waals surface area contributed by atoms with Crippen molar-refractivity contribution < 1.29 is 24.3 Å². The van der Waals surface area contributed by atoms with Crippen molar-refractivity contribution in [3.63, 3.8) is 0 Å². The van der Waals surface area contributed by atoms with Crippen molar-refractivity contribution in [1.82, 2.24) is 16.0 Å². The molecule has 9 nitrogen and oxygen atoms in total. The Hall–Kier alpha value is -2.94. The zero-order chi connectivity index (χ0) is 26.7. The first kappa shape index (κ1) is 30.1. The van der Waals surface area contributed by atoms with E-state index in [9.17, 15) is 24.3 Å². The standard InChI is InChI=1S/C26H42N4O5/c1-7-16(5)21(24(32)28-19(26(34)35)14-18-12-10-9-11-13-18)30-25(33)22(17(6)8-2)29-23(31)20(27)15(3)4/h9-13,15-17,19-22H,7-8,14,27H2,1-6H3,(H,28,32)(H,29,31)(H,30,33)(H,34,35). The van der Waals surface area contributed by atoms with Crippen molar-refractivity contribution in [2.24, 2.45) is 23.5 Å². The van der Waals surface area contributed by atoms with Crippen molar-refractivity contribution in [2.75, 3.05) is 0 Å². The number of carboxylic acids is 1. The summed E-state index contributed by atoms with van der Waals surface area (Å²) in [4.78, 5) is 50.8. The maximum absolute atomic E-state index is 13.3. The van der Waals surface area contributed by atoms with Crippen molar-refractivity contribution in [3.05, 3.63) is 35.9 Å². The SMILES string of the molecule is CCC(C)C(NC(=O)C(N)C(C)C)C(=O)NC(C(=O)NC(Cc1ccccc1)C(=O)O)C(C)CC. The van der Waals surface area contributed by atoms with Crippen LogP contribution in [0.25, 0.3) is 0 Å². The molecule has 6 atom stereocenters. The number of nitrogens with one attached hydrogen (secondary N) is 3. The fraction of sp³-hybridized carbons (Fsp3) is 0.615. The van der Waals surface area contributed by atoms with Gasteiger partial charge in [0.2, 0.25) is 17.7 Å². The molecule has 0 saturated carbocycles. The Morgan fingerprint density at radius 2 is 1.26 bits per heavy atom. The van der Waals surface area contributed by atoms with E-state index in [-0.39, 0.29) is 24.2 Å². The molecule has 196 valence electrons. The number of rotatable bonds is 14. The van der Waals surface area contributed by atoms with Crippen LogP contribution in [0.1, 0.15) is 59.9 Å². The molecular weight excluding hydrogens is 448 g/mol. The molecule has 1 rings (SSSR count). The van der Waals surface area contributed by atoms with E-state index < -0.39 is 47.9 Å². The monoisotopic (exact) mass is 490 g/mol. The highest BCUT2D eigenvalue weighted by Gasteiger charge is 2.34. The summed E-state index contributed by atoms with van der Waals surface area (Å²) >= 11 is 0.